The van der Waals surface area contributed by atoms with Crippen LogP contribution in [0.25, 0.3) is 5.57 Å². The lowest BCUT2D eigenvalue weighted by molar-refractivity contribution is 0.0903. The van der Waals surface area contributed by atoms with Crippen molar-refractivity contribution in [3.8, 4) is 5.75 Å². The molecule has 3 heteroatoms. The van der Waals surface area contributed by atoms with E-state index in [0.717, 1.165) is 44.9 Å². The van der Waals surface area contributed by atoms with Gasteiger partial charge in [0, 0.05) is 19.6 Å². The van der Waals surface area contributed by atoms with Gasteiger partial charge in [-0.1, -0.05) is 18.2 Å². The largest absolute Gasteiger partial charge is 0.493 e. The predicted octanol–water partition coefficient (Wildman–Crippen LogP) is 3.01. The van der Waals surface area contributed by atoms with E-state index in [9.17, 15) is 0 Å². The molecule has 2 aliphatic heterocycles. The van der Waals surface area contributed by atoms with Crippen molar-refractivity contribution in [1.29, 1.82) is 0 Å². The Labute approximate surface area is 121 Å². The van der Waals surface area contributed by atoms with E-state index < -0.39 is 0 Å². The predicted molar refractivity (Wildman–Crippen MR) is 81.0 cm³/mol. The third-order valence-electron chi connectivity index (χ3n) is 4.02. The molecule has 0 amide bonds. The topological polar surface area (TPSA) is 30.5 Å². The minimum Gasteiger partial charge on any atom is -0.493 e. The fourth-order valence-corrected chi connectivity index (χ4v) is 2.83. The highest BCUT2D eigenvalue weighted by Crippen LogP contribution is 2.23. The zero-order chi connectivity index (χ0) is 13.6. The van der Waals surface area contributed by atoms with Crippen LogP contribution in [0.1, 0.15) is 31.2 Å². The van der Waals surface area contributed by atoms with Gasteiger partial charge in [0.15, 0.2) is 0 Å². The van der Waals surface area contributed by atoms with Gasteiger partial charge in [-0.25, -0.2) is 0 Å². The summed E-state index contributed by atoms with van der Waals surface area (Å²) in [7, 11) is 0. The molecule has 2 aliphatic rings. The quantitative estimate of drug-likeness (QED) is 0.894. The summed E-state index contributed by atoms with van der Waals surface area (Å²) < 4.78 is 11.4. The molecule has 0 bridgehead atoms. The summed E-state index contributed by atoms with van der Waals surface area (Å²) in [5.41, 5.74) is 2.76. The first-order chi connectivity index (χ1) is 9.92. The van der Waals surface area contributed by atoms with Gasteiger partial charge >= 0.3 is 0 Å². The summed E-state index contributed by atoms with van der Waals surface area (Å²) in [6, 6.07) is 8.48. The Bertz CT molecular complexity index is 447. The number of benzene rings is 1. The normalized spacial score (nSPS) is 22.6. The molecule has 1 fully saturated rings. The van der Waals surface area contributed by atoms with Gasteiger partial charge in [-0.2, -0.15) is 0 Å². The summed E-state index contributed by atoms with van der Waals surface area (Å²) in [6.07, 6.45) is 7.18. The molecule has 0 spiro atoms. The lowest BCUT2D eigenvalue weighted by atomic mass is 10.0. The summed E-state index contributed by atoms with van der Waals surface area (Å²) >= 11 is 0. The van der Waals surface area contributed by atoms with Crippen LogP contribution in [-0.4, -0.2) is 32.4 Å². The zero-order valence-corrected chi connectivity index (χ0v) is 11.9. The molecule has 0 aliphatic carbocycles. The van der Waals surface area contributed by atoms with Gasteiger partial charge in [0.1, 0.15) is 5.75 Å². The van der Waals surface area contributed by atoms with E-state index in [1.165, 1.54) is 24.0 Å². The van der Waals surface area contributed by atoms with Crippen molar-refractivity contribution in [1.82, 2.24) is 5.32 Å². The molecule has 108 valence electrons. The lowest BCUT2D eigenvalue weighted by Crippen LogP contribution is -2.19. The van der Waals surface area contributed by atoms with Crippen molar-refractivity contribution in [3.63, 3.8) is 0 Å². The molecule has 1 N–H and O–H groups in total. The zero-order valence-electron chi connectivity index (χ0n) is 11.9. The van der Waals surface area contributed by atoms with Crippen molar-refractivity contribution < 1.29 is 9.47 Å². The molecule has 0 saturated carbocycles. The molecule has 3 nitrogen and oxygen atoms in total. The Morgan fingerprint density at radius 1 is 1.25 bits per heavy atom. The van der Waals surface area contributed by atoms with Crippen LogP contribution < -0.4 is 10.1 Å². The Morgan fingerprint density at radius 3 is 2.85 bits per heavy atom. The van der Waals surface area contributed by atoms with Crippen LogP contribution in [0.15, 0.2) is 30.3 Å². The van der Waals surface area contributed by atoms with Crippen molar-refractivity contribution >= 4 is 5.57 Å². The van der Waals surface area contributed by atoms with E-state index in [1.807, 2.05) is 0 Å². The van der Waals surface area contributed by atoms with Crippen LogP contribution in [0, 0.1) is 0 Å². The number of hydrogen-bond acceptors (Lipinski definition) is 3. The highest BCUT2D eigenvalue weighted by Gasteiger charge is 2.15. The van der Waals surface area contributed by atoms with E-state index in [4.69, 9.17) is 9.47 Å². The van der Waals surface area contributed by atoms with E-state index in [2.05, 4.69) is 35.7 Å². The molecular formula is C17H23NO2. The molecule has 1 aromatic rings. The van der Waals surface area contributed by atoms with Crippen LogP contribution in [-0.2, 0) is 4.74 Å². The number of nitrogens with one attached hydrogen (secondary N) is 1. The van der Waals surface area contributed by atoms with Crippen LogP contribution in [0.2, 0.25) is 0 Å². The molecule has 0 aromatic heterocycles. The molecule has 3 rings (SSSR count). The molecule has 1 unspecified atom stereocenters. The highest BCUT2D eigenvalue weighted by molar-refractivity contribution is 5.67. The van der Waals surface area contributed by atoms with Crippen LogP contribution >= 0.6 is 0 Å². The molecule has 2 heterocycles. The van der Waals surface area contributed by atoms with Gasteiger partial charge in [-0.15, -0.1) is 0 Å². The summed E-state index contributed by atoms with van der Waals surface area (Å²) in [6.45, 7) is 3.72. The first-order valence-corrected chi connectivity index (χ1v) is 7.66. The monoisotopic (exact) mass is 273 g/mol. The highest BCUT2D eigenvalue weighted by atomic mass is 16.5. The maximum Gasteiger partial charge on any atom is 0.119 e. The summed E-state index contributed by atoms with van der Waals surface area (Å²) in [5, 5.41) is 3.34. The third kappa shape index (κ3) is 3.62. The maximum absolute atomic E-state index is 5.80. The Kier molecular flexibility index (Phi) is 4.72. The van der Waals surface area contributed by atoms with Gasteiger partial charge in [0.05, 0.1) is 12.7 Å². The van der Waals surface area contributed by atoms with Crippen LogP contribution in [0.5, 0.6) is 5.75 Å². The minimum absolute atomic E-state index is 0.411. The minimum atomic E-state index is 0.411. The van der Waals surface area contributed by atoms with E-state index in [0.29, 0.717) is 6.10 Å². The summed E-state index contributed by atoms with van der Waals surface area (Å²) in [5.74, 6) is 0.960. The van der Waals surface area contributed by atoms with E-state index in [1.54, 1.807) is 0 Å². The van der Waals surface area contributed by atoms with Crippen LogP contribution in [0.4, 0.5) is 0 Å². The Balaban J connectivity index is 1.49. The van der Waals surface area contributed by atoms with Crippen molar-refractivity contribution in [3.05, 3.63) is 35.9 Å². The van der Waals surface area contributed by atoms with E-state index >= 15 is 0 Å². The number of rotatable bonds is 5. The third-order valence-corrected chi connectivity index (χ3v) is 4.02. The molecule has 1 atom stereocenters. The van der Waals surface area contributed by atoms with Gasteiger partial charge in [-0.05, 0) is 49.1 Å². The van der Waals surface area contributed by atoms with Crippen molar-refractivity contribution in [2.24, 2.45) is 0 Å². The number of ether oxygens (including phenoxy) is 2. The molecule has 1 saturated heterocycles. The van der Waals surface area contributed by atoms with Gasteiger partial charge in [0.2, 0.25) is 0 Å². The van der Waals surface area contributed by atoms with E-state index in [-0.39, 0.29) is 0 Å². The number of hydrogen-bond donors (Lipinski definition) is 1. The Morgan fingerprint density at radius 2 is 2.15 bits per heavy atom. The smallest absolute Gasteiger partial charge is 0.119 e. The average molecular weight is 273 g/mol. The van der Waals surface area contributed by atoms with Crippen molar-refractivity contribution in [2.75, 3.05) is 26.3 Å². The molecule has 0 radical (unpaired) electrons. The first-order valence-electron chi connectivity index (χ1n) is 7.66. The molecular weight excluding hydrogens is 250 g/mol. The maximum atomic E-state index is 5.80. The second-order valence-electron chi connectivity index (χ2n) is 5.48. The second kappa shape index (κ2) is 6.91. The second-order valence-corrected chi connectivity index (χ2v) is 5.48. The lowest BCUT2D eigenvalue weighted by Gasteiger charge is -2.15. The standard InChI is InChI=1S/C17H23NO2/c1-2-16(19-12-1)9-13-20-17-5-3-14(4-6-17)15-7-10-18-11-8-15/h3-7,16,18H,1-2,8-13H2. The average Bonchev–Trinajstić information content (AvgIpc) is 3.02. The van der Waals surface area contributed by atoms with Crippen molar-refractivity contribution in [2.45, 2.75) is 31.8 Å². The molecule has 1 aromatic carbocycles. The van der Waals surface area contributed by atoms with Gasteiger partial charge in [-0.3, -0.25) is 0 Å². The van der Waals surface area contributed by atoms with Gasteiger partial charge < -0.3 is 14.8 Å². The fraction of sp³-hybridized carbons (Fsp3) is 0.529. The van der Waals surface area contributed by atoms with Crippen LogP contribution in [0.3, 0.4) is 0 Å². The van der Waals surface area contributed by atoms with Gasteiger partial charge in [0.25, 0.3) is 0 Å². The molecule has 20 heavy (non-hydrogen) atoms. The Hall–Kier alpha value is -1.32. The summed E-state index contributed by atoms with van der Waals surface area (Å²) in [4.78, 5) is 0. The SMILES string of the molecule is C1=C(c2ccc(OCCC3CCCO3)cc2)CCNC1. The fourth-order valence-electron chi connectivity index (χ4n) is 2.83. The first kappa shape index (κ1) is 13.7.